The van der Waals surface area contributed by atoms with Crippen LogP contribution in [0, 0.1) is 5.92 Å². The number of nitrogens with one attached hydrogen (secondary N) is 9. The third-order valence-electron chi connectivity index (χ3n) is 26.6. The minimum Gasteiger partial charge on any atom is -0.354 e. The lowest BCUT2D eigenvalue weighted by molar-refractivity contribution is 0.156. The molecule has 2 atom stereocenters. The van der Waals surface area contributed by atoms with Crippen LogP contribution in [0.15, 0.2) is 0 Å². The van der Waals surface area contributed by atoms with Crippen LogP contribution < -0.4 is 77.3 Å². The van der Waals surface area contributed by atoms with Crippen molar-refractivity contribution in [1.82, 2.24) is 76.8 Å². The van der Waals surface area contributed by atoms with E-state index in [0.717, 1.165) is 255 Å². The molecule has 9 N–H and O–H groups in total. The van der Waals surface area contributed by atoms with Crippen molar-refractivity contribution in [2.45, 2.75) is 503 Å². The van der Waals surface area contributed by atoms with Crippen molar-refractivity contribution in [2.24, 2.45) is 5.92 Å². The molecule has 0 saturated carbocycles. The Kier molecular flexibility index (Phi) is 33.2. The van der Waals surface area contributed by atoms with Gasteiger partial charge in [-0.15, -0.1) is 0 Å². The van der Waals surface area contributed by atoms with Crippen molar-refractivity contribution in [3.63, 3.8) is 0 Å². The summed E-state index contributed by atoms with van der Waals surface area (Å²) in [5.41, 5.74) is -0.854. The van der Waals surface area contributed by atoms with Gasteiger partial charge in [-0.05, 0) is 320 Å². The van der Waals surface area contributed by atoms with Gasteiger partial charge in [0.25, 0.3) is 0 Å². The molecule has 3 aromatic rings. The number of piperidine rings is 6. The van der Waals surface area contributed by atoms with Gasteiger partial charge < -0.3 is 77.3 Å². The summed E-state index contributed by atoms with van der Waals surface area (Å²) in [5.74, 6) is 6.94. The molecule has 2 unspecified atom stereocenters. The second-order valence-corrected chi connectivity index (χ2v) is 46.7. The highest BCUT2D eigenvalue weighted by Crippen LogP contribution is 2.43. The Balaban J connectivity index is 1.13. The quantitative estimate of drug-likeness (QED) is 0.0239. The lowest BCUT2D eigenvalue weighted by Crippen LogP contribution is -2.63. The monoisotopic (exact) mass is 1670 g/mol. The first kappa shape index (κ1) is 98.8. The summed E-state index contributed by atoms with van der Waals surface area (Å²) in [5, 5.41) is 36.1. The van der Waals surface area contributed by atoms with E-state index < -0.39 is 0 Å². The van der Waals surface area contributed by atoms with Gasteiger partial charge in [0.05, 0.1) is 0 Å². The second-order valence-electron chi connectivity index (χ2n) is 46.7. The van der Waals surface area contributed by atoms with Crippen LogP contribution in [0.4, 0.5) is 53.5 Å². The van der Waals surface area contributed by atoms with Crippen molar-refractivity contribution in [2.75, 3.05) is 97.7 Å². The molecule has 0 spiro atoms. The Morgan fingerprint density at radius 3 is 0.675 bits per heavy atom. The molecule has 6 aliphatic rings. The molecule has 0 bridgehead atoms. The van der Waals surface area contributed by atoms with Crippen molar-refractivity contribution in [3.8, 4) is 0 Å². The number of hydrogen-bond acceptors (Lipinski definition) is 24. The van der Waals surface area contributed by atoms with E-state index in [4.69, 9.17) is 44.9 Å². The van der Waals surface area contributed by atoms with Crippen LogP contribution in [0.2, 0.25) is 0 Å². The Bertz CT molecular complexity index is 3350. The summed E-state index contributed by atoms with van der Waals surface area (Å²) in [6.07, 6.45) is 28.3. The van der Waals surface area contributed by atoms with E-state index in [2.05, 4.69) is 292 Å². The third kappa shape index (κ3) is 29.3. The molecular weight excluding hydrogens is 1490 g/mol. The predicted molar refractivity (Wildman–Crippen MR) is 511 cm³/mol. The molecule has 9 rings (SSSR count). The SMILES string of the molecule is CCCCN(c1nc(NCCCC(CCC(C)Nc2nc(N(CCCC)C3CC(C)(C)NC(C)(C)C3)nc(N(CCCC)C3CC(C)(C)NC(C)(C)C3)n2)CNc2nc(N(CCCC)C3CC(C)(C)NC(C)(C)C3)nc(N(CCCC)C3CC(C)(C)NC(C)(C)C3)n2)nc(N(CCCC)C2CC(C)(C)NC(C)(C)C2)n1)C1CC(C)(C)NC(C)(C)C1. The zero-order chi connectivity index (χ0) is 88.5. The first-order valence-electron chi connectivity index (χ1n) is 48.7. The third-order valence-corrected chi connectivity index (χ3v) is 26.6. The smallest absolute Gasteiger partial charge is 0.232 e. The predicted octanol–water partition coefficient (Wildman–Crippen LogP) is 18.9. The number of unbranched alkanes of at least 4 members (excludes halogenated alkanes) is 6. The molecule has 686 valence electrons. The van der Waals surface area contributed by atoms with E-state index in [1.54, 1.807) is 0 Å². The minimum atomic E-state index is -0.0789. The molecule has 120 heavy (non-hydrogen) atoms. The normalized spacial score (nSPS) is 23.0. The van der Waals surface area contributed by atoms with Crippen molar-refractivity contribution < 1.29 is 0 Å². The fourth-order valence-corrected chi connectivity index (χ4v) is 23.6. The zero-order valence-corrected chi connectivity index (χ0v) is 82.8. The minimum absolute atomic E-state index is 0.0163. The van der Waals surface area contributed by atoms with Gasteiger partial charge in [0.2, 0.25) is 53.5 Å². The maximum atomic E-state index is 5.76. The molecule has 6 fully saturated rings. The fraction of sp³-hybridized carbons (Fsp3) is 0.906. The van der Waals surface area contributed by atoms with Gasteiger partial charge in [-0.2, -0.15) is 44.9 Å². The maximum absolute atomic E-state index is 5.76. The van der Waals surface area contributed by atoms with Crippen molar-refractivity contribution >= 4 is 53.5 Å². The molecule has 9 heterocycles. The van der Waals surface area contributed by atoms with Crippen molar-refractivity contribution in [1.29, 1.82) is 0 Å². The molecular formula is C96H182N24. The van der Waals surface area contributed by atoms with Gasteiger partial charge in [-0.25, -0.2) is 0 Å². The number of rotatable bonds is 43. The molecule has 6 saturated heterocycles. The first-order chi connectivity index (χ1) is 55.8. The van der Waals surface area contributed by atoms with E-state index in [-0.39, 0.29) is 115 Å². The van der Waals surface area contributed by atoms with E-state index in [0.29, 0.717) is 30.9 Å². The molecule has 0 aliphatic carbocycles. The molecule has 6 aliphatic heterocycles. The van der Waals surface area contributed by atoms with E-state index >= 15 is 0 Å². The molecule has 0 radical (unpaired) electrons. The van der Waals surface area contributed by atoms with Gasteiger partial charge in [-0.3, -0.25) is 0 Å². The van der Waals surface area contributed by atoms with E-state index in [1.165, 1.54) is 0 Å². The summed E-state index contributed by atoms with van der Waals surface area (Å²) in [7, 11) is 0. The number of nitrogens with zero attached hydrogens (tertiary/aromatic N) is 15. The lowest BCUT2D eigenvalue weighted by atomic mass is 9.79. The molecule has 3 aromatic heterocycles. The summed E-state index contributed by atoms with van der Waals surface area (Å²) in [6.45, 7) is 79.8. The zero-order valence-electron chi connectivity index (χ0n) is 82.8. The second kappa shape index (κ2) is 40.3. The molecule has 0 aromatic carbocycles. The number of hydrogen-bond donors (Lipinski definition) is 9. The van der Waals surface area contributed by atoms with Crippen LogP contribution in [-0.4, -0.2) is 206 Å². The van der Waals surface area contributed by atoms with Crippen molar-refractivity contribution in [3.05, 3.63) is 0 Å². The number of anilines is 9. The van der Waals surface area contributed by atoms with Crippen LogP contribution >= 0.6 is 0 Å². The van der Waals surface area contributed by atoms with Gasteiger partial charge in [0.1, 0.15) is 0 Å². The fourth-order valence-electron chi connectivity index (χ4n) is 23.6. The van der Waals surface area contributed by atoms with E-state index in [9.17, 15) is 0 Å². The summed E-state index contributed by atoms with van der Waals surface area (Å²) in [6, 6.07) is 1.44. The Morgan fingerprint density at radius 2 is 0.467 bits per heavy atom. The Morgan fingerprint density at radius 1 is 0.267 bits per heavy atom. The Hall–Kier alpha value is -5.01. The summed E-state index contributed by atoms with van der Waals surface area (Å²) in [4.78, 5) is 66.5. The standard InChI is InChI=1S/C96H182N24/c1-32-38-49-115(70-55-85(8,9)109-86(10,11)56-70)79-100-76(101-80(106-79)116(50-39-33-2)71-57-87(12,13)110-88(14,15)58-71)97-48-44-45-69(67-98-77-102-81(117(51-40-34-3)72-59-89(16,17)111-90(18,19)60-72)107-82(103-77)118(52-41-35-4)73-61-91(20,21)112-92(22,23)62-73)47-46-68(7)99-78-104-83(119(53-42-36-5)74-63-93(24,25)113-94(26,27)64-74)108-84(105-78)120(54-43-37-6)75-65-95(28,29)114-96(30,31)66-75/h68-75,109-114H,32-67H2,1-31H3,(H,97,100,101,106)(H,98,102,103,107)(H,99,104,105,108). The van der Waals surface area contributed by atoms with Gasteiger partial charge in [0.15, 0.2) is 0 Å². The van der Waals surface area contributed by atoms with Crippen LogP contribution in [0.3, 0.4) is 0 Å². The highest BCUT2D eigenvalue weighted by Gasteiger charge is 2.48. The van der Waals surface area contributed by atoms with Gasteiger partial charge in [0, 0.05) is 161 Å². The van der Waals surface area contributed by atoms with Crippen LogP contribution in [0.25, 0.3) is 0 Å². The average Bonchev–Trinajstić information content (AvgIpc) is 0.779. The first-order valence-corrected chi connectivity index (χ1v) is 48.7. The summed E-state index contributed by atoms with van der Waals surface area (Å²) >= 11 is 0. The number of aromatic nitrogens is 9. The van der Waals surface area contributed by atoms with Gasteiger partial charge >= 0.3 is 0 Å². The topological polar surface area (TPSA) is 244 Å². The Labute approximate surface area is 733 Å². The average molecular weight is 1670 g/mol. The van der Waals surface area contributed by atoms with E-state index in [1.807, 2.05) is 0 Å². The highest BCUT2D eigenvalue weighted by molar-refractivity contribution is 5.51. The molecule has 0 amide bonds. The summed E-state index contributed by atoms with van der Waals surface area (Å²) < 4.78 is 0. The lowest BCUT2D eigenvalue weighted by Gasteiger charge is -2.50. The van der Waals surface area contributed by atoms with Crippen LogP contribution in [0.1, 0.15) is 394 Å². The van der Waals surface area contributed by atoms with Crippen LogP contribution in [-0.2, 0) is 0 Å². The largest absolute Gasteiger partial charge is 0.354 e. The molecule has 24 nitrogen and oxygen atoms in total. The highest BCUT2D eigenvalue weighted by atomic mass is 15.4. The van der Waals surface area contributed by atoms with Gasteiger partial charge in [-0.1, -0.05) is 80.1 Å². The van der Waals surface area contributed by atoms with Crippen LogP contribution in [0.5, 0.6) is 0 Å². The maximum Gasteiger partial charge on any atom is 0.232 e. The molecule has 24 heteroatoms.